The summed E-state index contributed by atoms with van der Waals surface area (Å²) >= 11 is 0. The number of piperidine rings is 1. The molecule has 0 radical (unpaired) electrons. The molecule has 2 unspecified atom stereocenters. The van der Waals surface area contributed by atoms with E-state index in [0.29, 0.717) is 30.3 Å². The summed E-state index contributed by atoms with van der Waals surface area (Å²) in [5.74, 6) is 0.691. The van der Waals surface area contributed by atoms with E-state index in [4.69, 9.17) is 4.74 Å². The molecule has 2 bridgehead atoms. The molecule has 2 aromatic carbocycles. The van der Waals surface area contributed by atoms with Crippen LogP contribution in [-0.4, -0.2) is 24.7 Å². The van der Waals surface area contributed by atoms with E-state index >= 15 is 0 Å². The molecule has 1 amide bonds. The van der Waals surface area contributed by atoms with Gasteiger partial charge in [0.1, 0.15) is 11.6 Å². The topological polar surface area (TPSA) is 50.4 Å². The highest BCUT2D eigenvalue weighted by molar-refractivity contribution is 5.77. The number of halogens is 1. The molecule has 2 saturated heterocycles. The second-order valence-electron chi connectivity index (χ2n) is 7.25. The summed E-state index contributed by atoms with van der Waals surface area (Å²) in [6.07, 6.45) is 4.28. The van der Waals surface area contributed by atoms with Crippen LogP contribution in [0.5, 0.6) is 5.75 Å². The third-order valence-electron chi connectivity index (χ3n) is 5.35. The molecular weight excluding hydrogens is 331 g/mol. The molecule has 0 spiro atoms. The van der Waals surface area contributed by atoms with Gasteiger partial charge >= 0.3 is 6.09 Å². The van der Waals surface area contributed by atoms with Gasteiger partial charge in [-0.2, -0.15) is 0 Å². The summed E-state index contributed by atoms with van der Waals surface area (Å²) in [7, 11) is 0. The molecule has 2 aliphatic rings. The number of para-hydroxylation sites is 1. The van der Waals surface area contributed by atoms with Crippen molar-refractivity contribution in [3.8, 4) is 16.9 Å². The summed E-state index contributed by atoms with van der Waals surface area (Å²) in [6.45, 7) is 0.645. The minimum Gasteiger partial charge on any atom is -0.410 e. The first-order valence-corrected chi connectivity index (χ1v) is 9.24. The first-order valence-electron chi connectivity index (χ1n) is 9.24. The summed E-state index contributed by atoms with van der Waals surface area (Å²) in [6, 6.07) is 14.7. The molecule has 0 aromatic heterocycles. The Labute approximate surface area is 152 Å². The fourth-order valence-electron chi connectivity index (χ4n) is 4.13. The fourth-order valence-corrected chi connectivity index (χ4v) is 4.13. The van der Waals surface area contributed by atoms with Crippen LogP contribution in [0, 0.1) is 11.7 Å². The van der Waals surface area contributed by atoms with Gasteiger partial charge in [-0.1, -0.05) is 30.3 Å². The van der Waals surface area contributed by atoms with Crippen LogP contribution < -0.4 is 15.4 Å². The van der Waals surface area contributed by atoms with Gasteiger partial charge in [0.15, 0.2) is 0 Å². The van der Waals surface area contributed by atoms with E-state index in [1.807, 2.05) is 18.2 Å². The first kappa shape index (κ1) is 17.0. The lowest BCUT2D eigenvalue weighted by Crippen LogP contribution is -2.42. The lowest BCUT2D eigenvalue weighted by molar-refractivity contribution is 0.195. The van der Waals surface area contributed by atoms with Gasteiger partial charge in [0.05, 0.1) is 0 Å². The van der Waals surface area contributed by atoms with Crippen LogP contribution in [0.4, 0.5) is 9.18 Å². The van der Waals surface area contributed by atoms with Crippen molar-refractivity contribution in [1.82, 2.24) is 10.6 Å². The molecule has 26 heavy (non-hydrogen) atoms. The summed E-state index contributed by atoms with van der Waals surface area (Å²) in [5.41, 5.74) is 1.58. The van der Waals surface area contributed by atoms with Gasteiger partial charge in [-0.25, -0.2) is 9.18 Å². The standard InChI is InChI=1S/C21H23FN2O2/c22-16-7-5-15(6-8-16)19-3-1-2-4-20(19)26-21(25)23-13-14-11-17-9-10-18(12-14)24-17/h1-8,14,17-18,24H,9-13H2,(H,23,25). The lowest BCUT2D eigenvalue weighted by atomic mass is 9.92. The van der Waals surface area contributed by atoms with Gasteiger partial charge in [-0.3, -0.25) is 0 Å². The molecule has 2 aromatic rings. The lowest BCUT2D eigenvalue weighted by Gasteiger charge is -2.29. The summed E-state index contributed by atoms with van der Waals surface area (Å²) < 4.78 is 18.7. The van der Waals surface area contributed by atoms with E-state index in [2.05, 4.69) is 10.6 Å². The largest absolute Gasteiger partial charge is 0.412 e. The Morgan fingerprint density at radius 3 is 2.50 bits per heavy atom. The summed E-state index contributed by atoms with van der Waals surface area (Å²) in [4.78, 5) is 12.3. The second kappa shape index (κ2) is 7.46. The van der Waals surface area contributed by atoms with E-state index in [9.17, 15) is 9.18 Å². The smallest absolute Gasteiger partial charge is 0.410 e. The maximum absolute atomic E-state index is 13.1. The zero-order valence-corrected chi connectivity index (χ0v) is 14.6. The van der Waals surface area contributed by atoms with Crippen molar-refractivity contribution in [2.75, 3.05) is 6.54 Å². The molecule has 2 aliphatic heterocycles. The molecule has 2 atom stereocenters. The normalized spacial score (nSPS) is 24.3. The third kappa shape index (κ3) is 3.88. The molecule has 0 saturated carbocycles. The van der Waals surface area contributed by atoms with Crippen molar-refractivity contribution in [2.24, 2.45) is 5.92 Å². The number of benzene rings is 2. The molecule has 5 heteroatoms. The summed E-state index contributed by atoms with van der Waals surface area (Å²) in [5, 5.41) is 6.52. The molecule has 2 N–H and O–H groups in total. The van der Waals surface area contributed by atoms with Crippen molar-refractivity contribution in [3.63, 3.8) is 0 Å². The van der Waals surface area contributed by atoms with Gasteiger partial charge in [-0.15, -0.1) is 0 Å². The predicted molar refractivity (Wildman–Crippen MR) is 98.5 cm³/mol. The van der Waals surface area contributed by atoms with Crippen LogP contribution >= 0.6 is 0 Å². The number of hydrogen-bond donors (Lipinski definition) is 2. The van der Waals surface area contributed by atoms with E-state index in [0.717, 1.165) is 24.0 Å². The highest BCUT2D eigenvalue weighted by Gasteiger charge is 2.33. The minimum atomic E-state index is -0.439. The van der Waals surface area contributed by atoms with E-state index in [1.54, 1.807) is 18.2 Å². The Kier molecular flexibility index (Phi) is 4.89. The van der Waals surface area contributed by atoms with E-state index < -0.39 is 6.09 Å². The van der Waals surface area contributed by atoms with Gasteiger partial charge in [-0.05, 0) is 55.4 Å². The maximum Gasteiger partial charge on any atom is 0.412 e. The number of amides is 1. The number of rotatable bonds is 4. The number of carbonyl (C=O) groups excluding carboxylic acids is 1. The second-order valence-corrected chi connectivity index (χ2v) is 7.25. The zero-order chi connectivity index (χ0) is 17.9. The molecule has 0 aliphatic carbocycles. The van der Waals surface area contributed by atoms with Crippen LogP contribution in [0.1, 0.15) is 25.7 Å². The monoisotopic (exact) mass is 354 g/mol. The average Bonchev–Trinajstić information content (AvgIpc) is 2.99. The molecule has 2 fully saturated rings. The number of ether oxygens (including phenoxy) is 1. The molecule has 4 rings (SSSR count). The number of carbonyl (C=O) groups is 1. The SMILES string of the molecule is O=C(NCC1CC2CCC(C1)N2)Oc1ccccc1-c1ccc(F)cc1. The van der Waals surface area contributed by atoms with Gasteiger partial charge in [0.2, 0.25) is 0 Å². The predicted octanol–water partition coefficient (Wildman–Crippen LogP) is 4.11. The first-order chi connectivity index (χ1) is 12.7. The third-order valence-corrected chi connectivity index (χ3v) is 5.35. The number of nitrogens with one attached hydrogen (secondary N) is 2. The number of fused-ring (bicyclic) bond motifs is 2. The van der Waals surface area contributed by atoms with E-state index in [1.165, 1.54) is 25.0 Å². The maximum atomic E-state index is 13.1. The van der Waals surface area contributed by atoms with E-state index in [-0.39, 0.29) is 5.82 Å². The molecular formula is C21H23FN2O2. The highest BCUT2D eigenvalue weighted by atomic mass is 19.1. The Morgan fingerprint density at radius 1 is 1.08 bits per heavy atom. The average molecular weight is 354 g/mol. The van der Waals surface area contributed by atoms with Gasteiger partial charge in [0, 0.05) is 24.2 Å². The van der Waals surface area contributed by atoms with Crippen LogP contribution in [-0.2, 0) is 0 Å². The van der Waals surface area contributed by atoms with Crippen LogP contribution in [0.3, 0.4) is 0 Å². The Balaban J connectivity index is 1.38. The van der Waals surface area contributed by atoms with Crippen molar-refractivity contribution >= 4 is 6.09 Å². The van der Waals surface area contributed by atoms with Crippen molar-refractivity contribution in [3.05, 3.63) is 54.3 Å². The van der Waals surface area contributed by atoms with Crippen LogP contribution in [0.25, 0.3) is 11.1 Å². The van der Waals surface area contributed by atoms with Crippen molar-refractivity contribution in [1.29, 1.82) is 0 Å². The number of hydrogen-bond acceptors (Lipinski definition) is 3. The van der Waals surface area contributed by atoms with Gasteiger partial charge in [0.25, 0.3) is 0 Å². The van der Waals surface area contributed by atoms with Crippen LogP contribution in [0.2, 0.25) is 0 Å². The van der Waals surface area contributed by atoms with Gasteiger partial charge < -0.3 is 15.4 Å². The highest BCUT2D eigenvalue weighted by Crippen LogP contribution is 2.31. The van der Waals surface area contributed by atoms with Crippen LogP contribution in [0.15, 0.2) is 48.5 Å². The zero-order valence-electron chi connectivity index (χ0n) is 14.6. The molecule has 4 nitrogen and oxygen atoms in total. The van der Waals surface area contributed by atoms with Crippen molar-refractivity contribution in [2.45, 2.75) is 37.8 Å². The quantitative estimate of drug-likeness (QED) is 0.869. The Hall–Kier alpha value is -2.40. The fraction of sp³-hybridized carbons (Fsp3) is 0.381. The minimum absolute atomic E-state index is 0.291. The van der Waals surface area contributed by atoms with Crippen molar-refractivity contribution < 1.29 is 13.9 Å². The Morgan fingerprint density at radius 2 is 1.77 bits per heavy atom. The molecule has 136 valence electrons. The molecule has 2 heterocycles. The Bertz CT molecular complexity index is 766.